The number of fused-ring (bicyclic) bond motifs is 2. The molecule has 6 aromatic rings. The van der Waals surface area contributed by atoms with Crippen molar-refractivity contribution in [1.29, 1.82) is 0 Å². The molecule has 0 bridgehead atoms. The Kier molecular flexibility index (Phi) is 3.45. The summed E-state index contributed by atoms with van der Waals surface area (Å²) >= 11 is 0. The third-order valence-corrected chi connectivity index (χ3v) is 5.08. The Hall–Kier alpha value is -4.46. The monoisotopic (exact) mass is 393 g/mol. The maximum absolute atomic E-state index is 5.88. The summed E-state index contributed by atoms with van der Waals surface area (Å²) in [5.74, 6) is 0.688. The van der Waals surface area contributed by atoms with Crippen LogP contribution >= 0.6 is 0 Å². The molecule has 5 aromatic heterocycles. The molecule has 5 heterocycles. The zero-order valence-electron chi connectivity index (χ0n) is 15.6. The first-order chi connectivity index (χ1) is 14.8. The van der Waals surface area contributed by atoms with E-state index in [4.69, 9.17) is 15.1 Å². The topological polar surface area (TPSA) is 122 Å². The molecule has 8 nitrogen and oxygen atoms in total. The average molecular weight is 393 g/mol. The molecule has 8 heteroatoms. The van der Waals surface area contributed by atoms with Gasteiger partial charge in [-0.25, -0.2) is 9.97 Å². The number of imidazole rings is 1. The number of nitrogens with two attached hydrogens (primary N) is 1. The second-order valence-corrected chi connectivity index (χ2v) is 7.00. The van der Waals surface area contributed by atoms with Gasteiger partial charge in [-0.3, -0.25) is 10.1 Å². The number of para-hydroxylation sites is 1. The van der Waals surface area contributed by atoms with E-state index in [1.54, 1.807) is 31.1 Å². The number of aromatic nitrogens is 6. The number of benzene rings is 1. The van der Waals surface area contributed by atoms with Crippen molar-refractivity contribution in [2.24, 2.45) is 0 Å². The van der Waals surface area contributed by atoms with E-state index in [9.17, 15) is 0 Å². The highest BCUT2D eigenvalue weighted by atomic mass is 16.3. The number of nitrogens with one attached hydrogen (secondary N) is 2. The van der Waals surface area contributed by atoms with Crippen LogP contribution in [0.25, 0.3) is 55.8 Å². The molecular weight excluding hydrogens is 378 g/mol. The molecule has 0 radical (unpaired) electrons. The smallest absolute Gasteiger partial charge is 0.181 e. The van der Waals surface area contributed by atoms with Gasteiger partial charge in [0.05, 0.1) is 34.6 Å². The van der Waals surface area contributed by atoms with E-state index in [2.05, 4.69) is 25.1 Å². The van der Waals surface area contributed by atoms with Crippen LogP contribution in [0.5, 0.6) is 0 Å². The van der Waals surface area contributed by atoms with Gasteiger partial charge in [0.25, 0.3) is 0 Å². The second-order valence-electron chi connectivity index (χ2n) is 7.00. The second kappa shape index (κ2) is 6.28. The fourth-order valence-corrected chi connectivity index (χ4v) is 3.65. The molecule has 0 saturated heterocycles. The molecule has 0 aliphatic carbocycles. The van der Waals surface area contributed by atoms with Gasteiger partial charge >= 0.3 is 0 Å². The zero-order chi connectivity index (χ0) is 20.1. The molecule has 6 rings (SSSR count). The van der Waals surface area contributed by atoms with Crippen molar-refractivity contribution in [2.45, 2.75) is 0 Å². The molecule has 0 aliphatic rings. The standard InChI is InChI=1S/C22H15N7O/c23-15-6-13(8-24-10-15)14-7-17-20(28-29-21(17)25-9-14)22-26-18-3-1-2-16(19(18)27-22)12-4-5-30-11-12/h1-11H,23H2,(H,26,27)(H,25,28,29). The first-order valence-corrected chi connectivity index (χ1v) is 9.33. The van der Waals surface area contributed by atoms with E-state index in [1.165, 1.54) is 0 Å². The quantitative estimate of drug-likeness (QED) is 0.409. The van der Waals surface area contributed by atoms with Crippen LogP contribution in [-0.2, 0) is 0 Å². The number of anilines is 1. The molecule has 1 aromatic carbocycles. The maximum Gasteiger partial charge on any atom is 0.181 e. The van der Waals surface area contributed by atoms with Crippen LogP contribution in [0.15, 0.2) is 71.9 Å². The summed E-state index contributed by atoms with van der Waals surface area (Å²) < 4.78 is 5.24. The van der Waals surface area contributed by atoms with Crippen molar-refractivity contribution >= 4 is 27.8 Å². The molecular formula is C22H15N7O. The number of furan rings is 1. The predicted molar refractivity (Wildman–Crippen MR) is 114 cm³/mol. The fourth-order valence-electron chi connectivity index (χ4n) is 3.65. The molecule has 0 saturated carbocycles. The Morgan fingerprint density at radius 1 is 0.967 bits per heavy atom. The minimum Gasteiger partial charge on any atom is -0.472 e. The number of aromatic amines is 2. The molecule has 4 N–H and O–H groups in total. The van der Waals surface area contributed by atoms with Crippen LogP contribution < -0.4 is 5.73 Å². The number of hydrogen-bond donors (Lipinski definition) is 3. The van der Waals surface area contributed by atoms with Gasteiger partial charge in [0, 0.05) is 40.8 Å². The molecule has 0 unspecified atom stereocenters. The molecule has 30 heavy (non-hydrogen) atoms. The average Bonchev–Trinajstić information content (AvgIpc) is 3.51. The lowest BCUT2D eigenvalue weighted by Gasteiger charge is -2.02. The molecule has 0 aliphatic heterocycles. The van der Waals surface area contributed by atoms with Crippen molar-refractivity contribution in [3.8, 4) is 33.8 Å². The zero-order valence-corrected chi connectivity index (χ0v) is 15.6. The summed E-state index contributed by atoms with van der Waals surface area (Å²) in [5, 5.41) is 8.27. The summed E-state index contributed by atoms with van der Waals surface area (Å²) in [6, 6.07) is 11.8. The van der Waals surface area contributed by atoms with Crippen LogP contribution in [-0.4, -0.2) is 30.1 Å². The van der Waals surface area contributed by atoms with E-state index >= 15 is 0 Å². The fraction of sp³-hybridized carbons (Fsp3) is 0. The maximum atomic E-state index is 5.88. The molecule has 0 fully saturated rings. The minimum atomic E-state index is 0.601. The Morgan fingerprint density at radius 3 is 2.77 bits per heavy atom. The van der Waals surface area contributed by atoms with Crippen LogP contribution in [0.2, 0.25) is 0 Å². The molecule has 0 amide bonds. The van der Waals surface area contributed by atoms with Gasteiger partial charge in [0.2, 0.25) is 0 Å². The number of nitrogens with zero attached hydrogens (tertiary/aromatic N) is 4. The highest BCUT2D eigenvalue weighted by Gasteiger charge is 2.16. The summed E-state index contributed by atoms with van der Waals surface area (Å²) in [4.78, 5) is 16.9. The van der Waals surface area contributed by atoms with Crippen molar-refractivity contribution in [2.75, 3.05) is 5.73 Å². The summed E-state index contributed by atoms with van der Waals surface area (Å²) in [6.45, 7) is 0. The van der Waals surface area contributed by atoms with Gasteiger partial charge in [0.1, 0.15) is 5.69 Å². The van der Waals surface area contributed by atoms with Crippen molar-refractivity contribution in [3.63, 3.8) is 0 Å². The largest absolute Gasteiger partial charge is 0.472 e. The van der Waals surface area contributed by atoms with Gasteiger partial charge < -0.3 is 15.1 Å². The number of rotatable bonds is 3. The van der Waals surface area contributed by atoms with E-state index in [1.807, 2.05) is 36.4 Å². The number of H-pyrrole nitrogens is 2. The number of nitrogen functional groups attached to an aromatic ring is 1. The normalized spacial score (nSPS) is 11.5. The van der Waals surface area contributed by atoms with E-state index in [-0.39, 0.29) is 0 Å². The highest BCUT2D eigenvalue weighted by molar-refractivity contribution is 5.97. The molecule has 0 spiro atoms. The van der Waals surface area contributed by atoms with Crippen molar-refractivity contribution in [3.05, 3.63) is 67.5 Å². The summed E-state index contributed by atoms with van der Waals surface area (Å²) in [7, 11) is 0. The van der Waals surface area contributed by atoms with Crippen LogP contribution in [0, 0.1) is 0 Å². The predicted octanol–water partition coefficient (Wildman–Crippen LogP) is 4.41. The minimum absolute atomic E-state index is 0.601. The van der Waals surface area contributed by atoms with Gasteiger partial charge in [-0.15, -0.1) is 0 Å². The number of hydrogen-bond acceptors (Lipinski definition) is 6. The Morgan fingerprint density at radius 2 is 1.90 bits per heavy atom. The third-order valence-electron chi connectivity index (χ3n) is 5.08. The van der Waals surface area contributed by atoms with Gasteiger partial charge in [-0.1, -0.05) is 12.1 Å². The van der Waals surface area contributed by atoms with Crippen LogP contribution in [0.3, 0.4) is 0 Å². The van der Waals surface area contributed by atoms with Crippen molar-refractivity contribution in [1.82, 2.24) is 30.1 Å². The van der Waals surface area contributed by atoms with Crippen LogP contribution in [0.4, 0.5) is 5.69 Å². The first-order valence-electron chi connectivity index (χ1n) is 9.33. The summed E-state index contributed by atoms with van der Waals surface area (Å²) in [6.07, 6.45) is 8.51. The van der Waals surface area contributed by atoms with Gasteiger partial charge in [-0.2, -0.15) is 5.10 Å². The first kappa shape index (κ1) is 16.5. The Bertz CT molecular complexity index is 1510. The van der Waals surface area contributed by atoms with Crippen LogP contribution in [0.1, 0.15) is 0 Å². The highest BCUT2D eigenvalue weighted by Crippen LogP contribution is 2.32. The number of pyridine rings is 2. The molecule has 0 atom stereocenters. The van der Waals surface area contributed by atoms with E-state index < -0.39 is 0 Å². The lowest BCUT2D eigenvalue weighted by Crippen LogP contribution is -1.89. The molecule has 144 valence electrons. The van der Waals surface area contributed by atoms with Gasteiger partial charge in [0.15, 0.2) is 11.5 Å². The lowest BCUT2D eigenvalue weighted by atomic mass is 10.1. The Labute approximate surface area is 169 Å². The van der Waals surface area contributed by atoms with Gasteiger partial charge in [-0.05, 0) is 24.3 Å². The van der Waals surface area contributed by atoms with E-state index in [0.717, 1.165) is 44.4 Å². The third kappa shape index (κ3) is 2.55. The summed E-state index contributed by atoms with van der Waals surface area (Å²) in [5.41, 5.74) is 13.4. The van der Waals surface area contributed by atoms with E-state index in [0.29, 0.717) is 17.2 Å². The SMILES string of the molecule is Nc1cncc(-c2cnc3n[nH]c(-c4nc5c(-c6ccoc6)cccc5[nH]4)c3c2)c1. The lowest BCUT2D eigenvalue weighted by molar-refractivity contribution is 0.568. The van der Waals surface area contributed by atoms with Crippen molar-refractivity contribution < 1.29 is 4.42 Å². The Balaban J connectivity index is 1.52.